The zero-order valence-electron chi connectivity index (χ0n) is 17.6. The fraction of sp³-hybridized carbons (Fsp3) is 0.261. The highest BCUT2D eigenvalue weighted by Gasteiger charge is 2.26. The molecule has 0 unspecified atom stereocenters. The number of carbonyl (C=O) groups excluding carboxylic acids is 1. The van der Waals surface area contributed by atoms with Gasteiger partial charge in [0.15, 0.2) is 6.61 Å². The van der Waals surface area contributed by atoms with Crippen molar-refractivity contribution in [2.24, 2.45) is 0 Å². The van der Waals surface area contributed by atoms with E-state index < -0.39 is 0 Å². The predicted octanol–water partition coefficient (Wildman–Crippen LogP) is 3.51. The monoisotopic (exact) mass is 450 g/mol. The largest absolute Gasteiger partial charge is 0.497 e. The molecule has 0 saturated carbocycles. The minimum atomic E-state index is -0.0851. The van der Waals surface area contributed by atoms with Crippen LogP contribution in [0.25, 0.3) is 12.2 Å². The zero-order chi connectivity index (χ0) is 22.3. The van der Waals surface area contributed by atoms with Crippen LogP contribution >= 0.6 is 11.3 Å². The molecule has 1 aliphatic rings. The van der Waals surface area contributed by atoms with Crippen molar-refractivity contribution >= 4 is 35.3 Å². The topological polar surface area (TPSA) is 91.8 Å². The molecule has 0 N–H and O–H groups in total. The van der Waals surface area contributed by atoms with E-state index in [2.05, 4.69) is 11.1 Å². The summed E-state index contributed by atoms with van der Waals surface area (Å²) in [5.41, 5.74) is 0.249. The Balaban J connectivity index is 1.31. The third kappa shape index (κ3) is 5.10. The molecule has 8 nitrogen and oxygen atoms in total. The molecule has 1 saturated heterocycles. The smallest absolute Gasteiger partial charge is 0.260 e. The second-order valence-electron chi connectivity index (χ2n) is 7.00. The van der Waals surface area contributed by atoms with Crippen LogP contribution < -0.4 is 14.4 Å². The molecule has 1 aromatic carbocycles. The molecule has 164 valence electrons. The van der Waals surface area contributed by atoms with Crippen LogP contribution in [-0.2, 0) is 4.79 Å². The molecule has 0 atom stereocenters. The molecule has 32 heavy (non-hydrogen) atoms. The third-order valence-electron chi connectivity index (χ3n) is 5.01. The molecule has 1 aliphatic heterocycles. The van der Waals surface area contributed by atoms with Crippen molar-refractivity contribution in [1.82, 2.24) is 9.88 Å². The second-order valence-corrected chi connectivity index (χ2v) is 7.98. The summed E-state index contributed by atoms with van der Waals surface area (Å²) in [6.07, 6.45) is 3.66. The molecule has 0 bridgehead atoms. The van der Waals surface area contributed by atoms with Gasteiger partial charge in [-0.25, -0.2) is 0 Å². The van der Waals surface area contributed by atoms with Gasteiger partial charge in [0, 0.05) is 37.1 Å². The Bertz CT molecular complexity index is 1110. The van der Waals surface area contributed by atoms with Crippen LogP contribution in [0.4, 0.5) is 5.88 Å². The van der Waals surface area contributed by atoms with Crippen molar-refractivity contribution < 1.29 is 18.7 Å². The SMILES string of the molecule is COc1ccc(OCC(=O)N2CCN(c3oc(/C=C/c4cccs4)nc3C#N)CC2)cc1. The highest BCUT2D eigenvalue weighted by molar-refractivity contribution is 7.10. The normalized spacial score (nSPS) is 13.9. The number of thiophene rings is 1. The molecule has 0 aliphatic carbocycles. The number of anilines is 1. The van der Waals surface area contributed by atoms with Gasteiger partial charge in [0.2, 0.25) is 17.5 Å². The van der Waals surface area contributed by atoms with E-state index in [1.165, 1.54) is 0 Å². The lowest BCUT2D eigenvalue weighted by Gasteiger charge is -2.34. The van der Waals surface area contributed by atoms with Gasteiger partial charge >= 0.3 is 0 Å². The number of oxazole rings is 1. The maximum Gasteiger partial charge on any atom is 0.260 e. The number of ether oxygens (including phenoxy) is 2. The van der Waals surface area contributed by atoms with Crippen molar-refractivity contribution in [3.8, 4) is 17.6 Å². The van der Waals surface area contributed by atoms with Crippen LogP contribution in [-0.4, -0.2) is 55.7 Å². The zero-order valence-corrected chi connectivity index (χ0v) is 18.4. The van der Waals surface area contributed by atoms with Crippen LogP contribution in [0, 0.1) is 11.3 Å². The standard InChI is InChI=1S/C23H22N4O4S/c1-29-17-4-6-18(7-5-17)30-16-22(28)26-10-12-27(13-11-26)23-20(15-24)25-21(31-23)9-8-19-3-2-14-32-19/h2-9,14H,10-13,16H2,1H3/b9-8+. The quantitative estimate of drug-likeness (QED) is 0.544. The summed E-state index contributed by atoms with van der Waals surface area (Å²) in [5, 5.41) is 11.4. The lowest BCUT2D eigenvalue weighted by Crippen LogP contribution is -2.50. The Kier molecular flexibility index (Phi) is 6.72. The summed E-state index contributed by atoms with van der Waals surface area (Å²) >= 11 is 1.61. The van der Waals surface area contributed by atoms with Crippen molar-refractivity contribution in [3.63, 3.8) is 0 Å². The van der Waals surface area contributed by atoms with Gasteiger partial charge in [0.1, 0.15) is 17.6 Å². The van der Waals surface area contributed by atoms with Gasteiger partial charge in [-0.15, -0.1) is 11.3 Å². The lowest BCUT2D eigenvalue weighted by atomic mass is 10.3. The number of nitriles is 1. The number of hydrogen-bond acceptors (Lipinski definition) is 8. The Morgan fingerprint density at radius 1 is 1.19 bits per heavy atom. The number of amides is 1. The third-order valence-corrected chi connectivity index (χ3v) is 5.84. The van der Waals surface area contributed by atoms with Gasteiger partial charge in [-0.3, -0.25) is 4.79 Å². The Morgan fingerprint density at radius 3 is 2.59 bits per heavy atom. The molecule has 3 heterocycles. The summed E-state index contributed by atoms with van der Waals surface area (Å²) in [4.78, 5) is 21.6. The van der Waals surface area contributed by atoms with Crippen LogP contribution in [0.3, 0.4) is 0 Å². The summed E-state index contributed by atoms with van der Waals surface area (Å²) in [5.74, 6) is 2.09. The van der Waals surface area contributed by atoms with Crippen LogP contribution in [0.5, 0.6) is 11.5 Å². The molecule has 1 amide bonds. The number of methoxy groups -OCH3 is 1. The first kappa shape index (κ1) is 21.5. The summed E-state index contributed by atoms with van der Waals surface area (Å²) in [7, 11) is 1.60. The number of carbonyl (C=O) groups is 1. The molecule has 0 spiro atoms. The summed E-state index contributed by atoms with van der Waals surface area (Å²) < 4.78 is 16.5. The van der Waals surface area contributed by atoms with E-state index in [0.29, 0.717) is 43.7 Å². The lowest BCUT2D eigenvalue weighted by molar-refractivity contribution is -0.133. The van der Waals surface area contributed by atoms with Gasteiger partial charge in [-0.1, -0.05) is 6.07 Å². The fourth-order valence-corrected chi connectivity index (χ4v) is 3.91. The van der Waals surface area contributed by atoms with E-state index in [-0.39, 0.29) is 18.2 Å². The van der Waals surface area contributed by atoms with Gasteiger partial charge < -0.3 is 23.7 Å². The Labute approximate surface area is 189 Å². The first-order valence-corrected chi connectivity index (χ1v) is 11.0. The minimum Gasteiger partial charge on any atom is -0.497 e. The average Bonchev–Trinajstić information content (AvgIpc) is 3.51. The highest BCUT2D eigenvalue weighted by Crippen LogP contribution is 2.25. The van der Waals surface area contributed by atoms with E-state index >= 15 is 0 Å². The van der Waals surface area contributed by atoms with Crippen molar-refractivity contribution in [2.75, 3.05) is 44.8 Å². The number of aromatic nitrogens is 1. The van der Waals surface area contributed by atoms with Crippen LogP contribution in [0.2, 0.25) is 0 Å². The van der Waals surface area contributed by atoms with Crippen LogP contribution in [0.1, 0.15) is 16.5 Å². The second kappa shape index (κ2) is 10.0. The maximum absolute atomic E-state index is 12.5. The fourth-order valence-electron chi connectivity index (χ4n) is 3.29. The molecular weight excluding hydrogens is 428 g/mol. The maximum atomic E-state index is 12.5. The summed E-state index contributed by atoms with van der Waals surface area (Å²) in [6.45, 7) is 2.09. The van der Waals surface area contributed by atoms with Crippen LogP contribution in [0.15, 0.2) is 46.2 Å². The van der Waals surface area contributed by atoms with Crippen molar-refractivity contribution in [1.29, 1.82) is 5.26 Å². The molecule has 0 radical (unpaired) electrons. The van der Waals surface area contributed by atoms with Crippen molar-refractivity contribution in [3.05, 3.63) is 58.2 Å². The molecule has 9 heteroatoms. The Morgan fingerprint density at radius 2 is 1.94 bits per heavy atom. The van der Waals surface area contributed by atoms with Gasteiger partial charge in [0.05, 0.1) is 7.11 Å². The van der Waals surface area contributed by atoms with Gasteiger partial charge in [-0.05, 0) is 41.8 Å². The van der Waals surface area contributed by atoms with E-state index in [9.17, 15) is 10.1 Å². The number of benzene rings is 1. The number of rotatable bonds is 7. The first-order valence-electron chi connectivity index (χ1n) is 10.1. The number of hydrogen-bond donors (Lipinski definition) is 0. The number of nitrogens with zero attached hydrogens (tertiary/aromatic N) is 4. The summed E-state index contributed by atoms with van der Waals surface area (Å²) in [6, 6.07) is 13.2. The molecular formula is C23H22N4O4S. The average molecular weight is 451 g/mol. The first-order chi connectivity index (χ1) is 15.7. The van der Waals surface area contributed by atoms with Gasteiger partial charge in [0.25, 0.3) is 5.91 Å². The van der Waals surface area contributed by atoms with E-state index in [1.54, 1.807) is 53.7 Å². The van der Waals surface area contributed by atoms with Gasteiger partial charge in [-0.2, -0.15) is 10.2 Å². The molecule has 4 rings (SSSR count). The van der Waals surface area contributed by atoms with Crippen molar-refractivity contribution in [2.45, 2.75) is 0 Å². The number of piperazine rings is 1. The predicted molar refractivity (Wildman–Crippen MR) is 122 cm³/mol. The molecule has 1 fully saturated rings. The minimum absolute atomic E-state index is 0.0320. The molecule has 2 aromatic heterocycles. The van der Waals surface area contributed by atoms with E-state index in [4.69, 9.17) is 13.9 Å². The Hall–Kier alpha value is -3.77. The van der Waals surface area contributed by atoms with E-state index in [1.807, 2.05) is 28.5 Å². The molecule has 3 aromatic rings. The highest BCUT2D eigenvalue weighted by atomic mass is 32.1. The van der Waals surface area contributed by atoms with E-state index in [0.717, 1.165) is 10.6 Å².